The smallest absolute Gasteiger partial charge is 0.303 e. The Kier molecular flexibility index (Phi) is 4.73. The van der Waals surface area contributed by atoms with Crippen LogP contribution in [0.3, 0.4) is 0 Å². The minimum absolute atomic E-state index is 0.00790. The molecule has 0 aromatic carbocycles. The van der Waals surface area contributed by atoms with Gasteiger partial charge in [-0.05, 0) is 32.4 Å². The van der Waals surface area contributed by atoms with E-state index in [2.05, 4.69) is 10.6 Å². The average Bonchev–Trinajstić information content (AvgIpc) is 2.11. The molecule has 1 rings (SSSR count). The summed E-state index contributed by atoms with van der Waals surface area (Å²) in [5.74, 6) is -0.359. The molecule has 92 valence electrons. The van der Waals surface area contributed by atoms with E-state index in [-0.39, 0.29) is 24.3 Å². The summed E-state index contributed by atoms with van der Waals surface area (Å²) in [6.45, 7) is 5.56. The van der Waals surface area contributed by atoms with Gasteiger partial charge in [0, 0.05) is 18.4 Å². The normalized spacial score (nSPS) is 19.6. The van der Waals surface area contributed by atoms with E-state index in [9.17, 15) is 9.59 Å². The number of aliphatic carboxylic acids is 1. The topological polar surface area (TPSA) is 78.4 Å². The lowest BCUT2D eigenvalue weighted by Gasteiger charge is -2.32. The highest BCUT2D eigenvalue weighted by atomic mass is 16.4. The molecule has 0 aromatic rings. The highest BCUT2D eigenvalue weighted by Crippen LogP contribution is 2.16. The number of rotatable bonds is 6. The maximum Gasteiger partial charge on any atom is 0.303 e. The number of hydrogen-bond donors (Lipinski definition) is 3. The van der Waals surface area contributed by atoms with E-state index in [1.54, 1.807) is 0 Å². The lowest BCUT2D eigenvalue weighted by atomic mass is 9.88. The molecule has 2 unspecified atom stereocenters. The first-order chi connectivity index (χ1) is 7.50. The van der Waals surface area contributed by atoms with E-state index in [4.69, 9.17) is 5.11 Å². The summed E-state index contributed by atoms with van der Waals surface area (Å²) in [7, 11) is 0. The van der Waals surface area contributed by atoms with Gasteiger partial charge in [-0.2, -0.15) is 0 Å². The summed E-state index contributed by atoms with van der Waals surface area (Å²) in [5.41, 5.74) is 0. The van der Waals surface area contributed by atoms with Crippen molar-refractivity contribution in [1.82, 2.24) is 10.6 Å². The van der Waals surface area contributed by atoms with Crippen molar-refractivity contribution in [3.63, 3.8) is 0 Å². The Labute approximate surface area is 95.6 Å². The lowest BCUT2D eigenvalue weighted by Crippen LogP contribution is -2.50. The fourth-order valence-electron chi connectivity index (χ4n) is 1.67. The van der Waals surface area contributed by atoms with Crippen molar-refractivity contribution in [3.8, 4) is 0 Å². The number of amides is 1. The van der Waals surface area contributed by atoms with Gasteiger partial charge >= 0.3 is 5.97 Å². The second-order valence-electron chi connectivity index (χ2n) is 4.55. The number of hydrogen-bond acceptors (Lipinski definition) is 3. The molecule has 0 radical (unpaired) electrons. The highest BCUT2D eigenvalue weighted by molar-refractivity contribution is 5.79. The summed E-state index contributed by atoms with van der Waals surface area (Å²) in [5, 5.41) is 14.5. The van der Waals surface area contributed by atoms with Crippen LogP contribution in [0, 0.1) is 11.8 Å². The summed E-state index contributed by atoms with van der Waals surface area (Å²) >= 11 is 0. The van der Waals surface area contributed by atoms with Crippen molar-refractivity contribution in [1.29, 1.82) is 0 Å². The maximum atomic E-state index is 11.7. The Morgan fingerprint density at radius 3 is 2.50 bits per heavy atom. The Morgan fingerprint density at radius 1 is 1.44 bits per heavy atom. The molecule has 1 saturated heterocycles. The minimum Gasteiger partial charge on any atom is -0.481 e. The molecule has 3 N–H and O–H groups in total. The van der Waals surface area contributed by atoms with Gasteiger partial charge in [0.2, 0.25) is 5.91 Å². The molecule has 1 fully saturated rings. The van der Waals surface area contributed by atoms with Crippen molar-refractivity contribution < 1.29 is 14.7 Å². The van der Waals surface area contributed by atoms with Crippen LogP contribution in [0.15, 0.2) is 0 Å². The second-order valence-corrected chi connectivity index (χ2v) is 4.55. The van der Waals surface area contributed by atoms with Crippen LogP contribution < -0.4 is 10.6 Å². The molecule has 2 atom stereocenters. The maximum absolute atomic E-state index is 11.7. The number of carboxylic acids is 1. The molecule has 0 spiro atoms. The van der Waals surface area contributed by atoms with Gasteiger partial charge in [-0.1, -0.05) is 6.92 Å². The molecule has 1 aliphatic rings. The van der Waals surface area contributed by atoms with Crippen LogP contribution in [0.25, 0.3) is 0 Å². The molecule has 0 saturated carbocycles. The van der Waals surface area contributed by atoms with E-state index in [0.717, 1.165) is 13.1 Å². The van der Waals surface area contributed by atoms with E-state index >= 15 is 0 Å². The minimum atomic E-state index is -0.822. The Hall–Kier alpha value is -1.10. The van der Waals surface area contributed by atoms with Crippen molar-refractivity contribution in [2.75, 3.05) is 13.1 Å². The molecule has 5 heteroatoms. The summed E-state index contributed by atoms with van der Waals surface area (Å²) in [6, 6.07) is -0.0703. The van der Waals surface area contributed by atoms with Crippen LogP contribution >= 0.6 is 0 Å². The van der Waals surface area contributed by atoms with Gasteiger partial charge in [-0.3, -0.25) is 9.59 Å². The number of carbonyl (C=O) groups excluding carboxylic acids is 1. The standard InChI is InChI=1S/C11H20N2O3/c1-7(3-4-10(14)15)13-11(16)8(2)9-5-12-6-9/h7-9,12H,3-6H2,1-2H3,(H,13,16)(H,14,15). The van der Waals surface area contributed by atoms with Crippen molar-refractivity contribution in [2.24, 2.45) is 11.8 Å². The van der Waals surface area contributed by atoms with Gasteiger partial charge in [-0.25, -0.2) is 0 Å². The van der Waals surface area contributed by atoms with Crippen molar-refractivity contribution in [3.05, 3.63) is 0 Å². The number of nitrogens with one attached hydrogen (secondary N) is 2. The lowest BCUT2D eigenvalue weighted by molar-refractivity contribution is -0.137. The fourth-order valence-corrected chi connectivity index (χ4v) is 1.67. The summed E-state index contributed by atoms with van der Waals surface area (Å²) in [6.07, 6.45) is 0.581. The molecular weight excluding hydrogens is 208 g/mol. The molecule has 5 nitrogen and oxygen atoms in total. The summed E-state index contributed by atoms with van der Waals surface area (Å²) in [4.78, 5) is 22.1. The summed E-state index contributed by atoms with van der Waals surface area (Å²) < 4.78 is 0. The average molecular weight is 228 g/mol. The zero-order valence-corrected chi connectivity index (χ0v) is 9.82. The first kappa shape index (κ1) is 13.0. The third-order valence-electron chi connectivity index (χ3n) is 3.11. The largest absolute Gasteiger partial charge is 0.481 e. The fraction of sp³-hybridized carbons (Fsp3) is 0.818. The predicted octanol–water partition coefficient (Wildman–Crippen LogP) is 0.211. The molecule has 0 aromatic heterocycles. The van der Waals surface area contributed by atoms with Crippen molar-refractivity contribution >= 4 is 11.9 Å². The molecular formula is C11H20N2O3. The van der Waals surface area contributed by atoms with Crippen molar-refractivity contribution in [2.45, 2.75) is 32.7 Å². The number of carbonyl (C=O) groups is 2. The first-order valence-electron chi connectivity index (χ1n) is 5.73. The molecule has 1 aliphatic heterocycles. The van der Waals surface area contributed by atoms with Gasteiger partial charge in [0.25, 0.3) is 0 Å². The molecule has 16 heavy (non-hydrogen) atoms. The van der Waals surface area contributed by atoms with Crippen LogP contribution in [0.1, 0.15) is 26.7 Å². The van der Waals surface area contributed by atoms with Gasteiger partial charge in [0.1, 0.15) is 0 Å². The van der Waals surface area contributed by atoms with E-state index in [1.807, 2.05) is 13.8 Å². The molecule has 0 bridgehead atoms. The van der Waals surface area contributed by atoms with Gasteiger partial charge in [0.15, 0.2) is 0 Å². The Bertz CT molecular complexity index is 264. The zero-order chi connectivity index (χ0) is 12.1. The Balaban J connectivity index is 2.23. The second kappa shape index (κ2) is 5.84. The zero-order valence-electron chi connectivity index (χ0n) is 9.82. The third kappa shape index (κ3) is 3.81. The molecule has 0 aliphatic carbocycles. The van der Waals surface area contributed by atoms with Gasteiger partial charge < -0.3 is 15.7 Å². The third-order valence-corrected chi connectivity index (χ3v) is 3.11. The quantitative estimate of drug-likeness (QED) is 0.607. The van der Waals surface area contributed by atoms with Crippen LogP contribution in [-0.2, 0) is 9.59 Å². The van der Waals surface area contributed by atoms with E-state index in [0.29, 0.717) is 12.3 Å². The predicted molar refractivity (Wildman–Crippen MR) is 60.0 cm³/mol. The van der Waals surface area contributed by atoms with E-state index < -0.39 is 5.97 Å². The SMILES string of the molecule is CC(CCC(=O)O)NC(=O)C(C)C1CNC1. The highest BCUT2D eigenvalue weighted by Gasteiger charge is 2.29. The monoisotopic (exact) mass is 228 g/mol. The number of carboxylic acid groups (broad SMARTS) is 1. The van der Waals surface area contributed by atoms with Crippen LogP contribution in [0.5, 0.6) is 0 Å². The van der Waals surface area contributed by atoms with E-state index in [1.165, 1.54) is 0 Å². The van der Waals surface area contributed by atoms with Gasteiger partial charge in [-0.15, -0.1) is 0 Å². The molecule has 1 heterocycles. The first-order valence-corrected chi connectivity index (χ1v) is 5.73. The van der Waals surface area contributed by atoms with Crippen LogP contribution in [-0.4, -0.2) is 36.1 Å². The Morgan fingerprint density at radius 2 is 2.06 bits per heavy atom. The van der Waals surface area contributed by atoms with Gasteiger partial charge in [0.05, 0.1) is 0 Å². The molecule has 1 amide bonds. The van der Waals surface area contributed by atoms with Crippen LogP contribution in [0.2, 0.25) is 0 Å². The van der Waals surface area contributed by atoms with Crippen LogP contribution in [0.4, 0.5) is 0 Å².